The summed E-state index contributed by atoms with van der Waals surface area (Å²) in [7, 11) is 1.53. The lowest BCUT2D eigenvalue weighted by Crippen LogP contribution is -2.26. The second-order valence-electron chi connectivity index (χ2n) is 6.56. The first-order valence-corrected chi connectivity index (χ1v) is 8.83. The molecular formula is C21H24N2O3. The van der Waals surface area contributed by atoms with Gasteiger partial charge in [0.05, 0.1) is 5.92 Å². The normalized spacial score (nSPS) is 18.2. The van der Waals surface area contributed by atoms with E-state index in [1.54, 1.807) is 0 Å². The highest BCUT2D eigenvalue weighted by Crippen LogP contribution is 2.32. The standard InChI is InChI=1S/C21H24N2O3/c1-26-19(14-24)12-15-2-6-17(7-3-15)20-10-11-23(21(20)25)18-8-4-16(13-22)5-9-18/h2-9,14,19-20H,10-13,22H2,1H3. The maximum atomic E-state index is 12.9. The molecule has 0 aromatic heterocycles. The highest BCUT2D eigenvalue weighted by atomic mass is 16.5. The number of carbonyl (C=O) groups is 2. The van der Waals surface area contributed by atoms with Crippen LogP contribution in [-0.2, 0) is 27.3 Å². The van der Waals surface area contributed by atoms with Gasteiger partial charge in [-0.25, -0.2) is 0 Å². The highest BCUT2D eigenvalue weighted by Gasteiger charge is 2.33. The number of hydrogen-bond acceptors (Lipinski definition) is 4. The third-order valence-corrected chi connectivity index (χ3v) is 4.96. The zero-order valence-corrected chi connectivity index (χ0v) is 14.9. The molecule has 1 aliphatic heterocycles. The fourth-order valence-electron chi connectivity index (χ4n) is 3.36. The number of methoxy groups -OCH3 is 1. The van der Waals surface area contributed by atoms with Crippen molar-refractivity contribution in [3.63, 3.8) is 0 Å². The number of nitrogens with zero attached hydrogens (tertiary/aromatic N) is 1. The Labute approximate surface area is 153 Å². The van der Waals surface area contributed by atoms with Gasteiger partial charge in [-0.05, 0) is 35.2 Å². The molecule has 1 saturated heterocycles. The SMILES string of the molecule is COC(C=O)Cc1ccc(C2CCN(c3ccc(CN)cc3)C2=O)cc1. The van der Waals surface area contributed by atoms with Gasteiger partial charge in [-0.1, -0.05) is 36.4 Å². The number of nitrogens with two attached hydrogens (primary N) is 1. The van der Waals surface area contributed by atoms with Crippen molar-refractivity contribution in [3.8, 4) is 0 Å². The monoisotopic (exact) mass is 352 g/mol. The van der Waals surface area contributed by atoms with E-state index in [0.717, 1.165) is 35.1 Å². The van der Waals surface area contributed by atoms with Gasteiger partial charge in [0.2, 0.25) is 5.91 Å². The largest absolute Gasteiger partial charge is 0.374 e. The van der Waals surface area contributed by atoms with Crippen LogP contribution in [0.15, 0.2) is 48.5 Å². The number of amides is 1. The molecule has 2 unspecified atom stereocenters. The van der Waals surface area contributed by atoms with Crippen LogP contribution < -0.4 is 10.6 Å². The van der Waals surface area contributed by atoms with E-state index in [9.17, 15) is 9.59 Å². The molecule has 1 fully saturated rings. The third kappa shape index (κ3) is 3.84. The van der Waals surface area contributed by atoms with Gasteiger partial charge in [0.15, 0.2) is 0 Å². The Morgan fingerprint density at radius 2 is 1.81 bits per heavy atom. The lowest BCUT2D eigenvalue weighted by molar-refractivity contribution is -0.118. The Balaban J connectivity index is 1.70. The van der Waals surface area contributed by atoms with Crippen LogP contribution in [0.1, 0.15) is 29.0 Å². The molecule has 5 heteroatoms. The molecule has 5 nitrogen and oxygen atoms in total. The Bertz CT molecular complexity index is 756. The predicted octanol–water partition coefficient (Wildman–Crippen LogP) is 2.42. The molecule has 0 spiro atoms. The van der Waals surface area contributed by atoms with Gasteiger partial charge in [-0.15, -0.1) is 0 Å². The predicted molar refractivity (Wildman–Crippen MR) is 101 cm³/mol. The second kappa shape index (κ2) is 8.25. The Hall–Kier alpha value is -2.50. The van der Waals surface area contributed by atoms with E-state index in [4.69, 9.17) is 10.5 Å². The molecule has 136 valence electrons. The minimum Gasteiger partial charge on any atom is -0.374 e. The fourth-order valence-corrected chi connectivity index (χ4v) is 3.36. The van der Waals surface area contributed by atoms with E-state index < -0.39 is 6.10 Å². The van der Waals surface area contributed by atoms with E-state index >= 15 is 0 Å². The smallest absolute Gasteiger partial charge is 0.234 e. The minimum absolute atomic E-state index is 0.123. The van der Waals surface area contributed by atoms with Gasteiger partial charge in [0.25, 0.3) is 0 Å². The van der Waals surface area contributed by atoms with Gasteiger partial charge >= 0.3 is 0 Å². The summed E-state index contributed by atoms with van der Waals surface area (Å²) in [6.45, 7) is 1.21. The van der Waals surface area contributed by atoms with Crippen molar-refractivity contribution in [2.45, 2.75) is 31.4 Å². The quantitative estimate of drug-likeness (QED) is 0.777. The minimum atomic E-state index is -0.430. The van der Waals surface area contributed by atoms with Crippen LogP contribution in [0.2, 0.25) is 0 Å². The number of carbonyl (C=O) groups excluding carboxylic acids is 2. The summed E-state index contributed by atoms with van der Waals surface area (Å²) in [4.78, 5) is 25.6. The van der Waals surface area contributed by atoms with Crippen molar-refractivity contribution in [2.24, 2.45) is 5.73 Å². The zero-order valence-electron chi connectivity index (χ0n) is 14.9. The van der Waals surface area contributed by atoms with Crippen LogP contribution in [0.3, 0.4) is 0 Å². The molecule has 2 atom stereocenters. The number of rotatable bonds is 7. The number of aldehydes is 1. The van der Waals surface area contributed by atoms with Gasteiger partial charge < -0.3 is 20.2 Å². The second-order valence-corrected chi connectivity index (χ2v) is 6.56. The molecule has 0 saturated carbocycles. The summed E-state index contributed by atoms with van der Waals surface area (Å²) in [5.41, 5.74) is 9.64. The first-order chi connectivity index (χ1) is 12.7. The summed E-state index contributed by atoms with van der Waals surface area (Å²) in [5, 5.41) is 0. The molecule has 0 bridgehead atoms. The number of anilines is 1. The van der Waals surface area contributed by atoms with Gasteiger partial charge in [-0.3, -0.25) is 4.79 Å². The number of benzene rings is 2. The van der Waals surface area contributed by atoms with Crippen LogP contribution in [0.25, 0.3) is 0 Å². The maximum absolute atomic E-state index is 12.9. The highest BCUT2D eigenvalue weighted by molar-refractivity contribution is 6.00. The summed E-state index contributed by atoms with van der Waals surface area (Å²) < 4.78 is 5.09. The molecular weight excluding hydrogens is 328 g/mol. The summed E-state index contributed by atoms with van der Waals surface area (Å²) in [6, 6.07) is 15.7. The molecule has 3 rings (SSSR count). The van der Waals surface area contributed by atoms with E-state index in [2.05, 4.69) is 0 Å². The topological polar surface area (TPSA) is 72.6 Å². The van der Waals surface area contributed by atoms with E-state index in [1.807, 2.05) is 53.4 Å². The average Bonchev–Trinajstić information content (AvgIpc) is 3.08. The average molecular weight is 352 g/mol. The Morgan fingerprint density at radius 3 is 2.38 bits per heavy atom. The number of ether oxygens (including phenoxy) is 1. The third-order valence-electron chi connectivity index (χ3n) is 4.96. The zero-order chi connectivity index (χ0) is 18.5. The number of hydrogen-bond donors (Lipinski definition) is 1. The van der Waals surface area contributed by atoms with Crippen LogP contribution in [-0.4, -0.2) is 32.0 Å². The van der Waals surface area contributed by atoms with Crippen molar-refractivity contribution in [1.29, 1.82) is 0 Å². The van der Waals surface area contributed by atoms with Crippen LogP contribution >= 0.6 is 0 Å². The van der Waals surface area contributed by atoms with E-state index in [1.165, 1.54) is 7.11 Å². The molecule has 2 aromatic rings. The molecule has 1 aliphatic rings. The molecule has 2 aromatic carbocycles. The summed E-state index contributed by atoms with van der Waals surface area (Å²) in [6.07, 6.45) is 1.72. The molecule has 1 heterocycles. The fraction of sp³-hybridized carbons (Fsp3) is 0.333. The lowest BCUT2D eigenvalue weighted by atomic mass is 9.95. The van der Waals surface area contributed by atoms with Crippen molar-refractivity contribution < 1.29 is 14.3 Å². The summed E-state index contributed by atoms with van der Waals surface area (Å²) >= 11 is 0. The van der Waals surface area contributed by atoms with Gasteiger partial charge in [0.1, 0.15) is 12.4 Å². The van der Waals surface area contributed by atoms with Crippen LogP contribution in [0, 0.1) is 0 Å². The molecule has 1 amide bonds. The van der Waals surface area contributed by atoms with Crippen molar-refractivity contribution in [3.05, 3.63) is 65.2 Å². The van der Waals surface area contributed by atoms with Gasteiger partial charge in [-0.2, -0.15) is 0 Å². The van der Waals surface area contributed by atoms with E-state index in [-0.39, 0.29) is 11.8 Å². The molecule has 26 heavy (non-hydrogen) atoms. The van der Waals surface area contributed by atoms with Gasteiger partial charge in [0, 0.05) is 32.3 Å². The Kier molecular flexibility index (Phi) is 5.81. The van der Waals surface area contributed by atoms with Crippen LogP contribution in [0.5, 0.6) is 0 Å². The summed E-state index contributed by atoms with van der Waals surface area (Å²) in [5.74, 6) is 0.00318. The maximum Gasteiger partial charge on any atom is 0.234 e. The molecule has 0 radical (unpaired) electrons. The van der Waals surface area contributed by atoms with Crippen molar-refractivity contribution in [1.82, 2.24) is 0 Å². The molecule has 2 N–H and O–H groups in total. The van der Waals surface area contributed by atoms with Crippen molar-refractivity contribution >= 4 is 17.9 Å². The Morgan fingerprint density at radius 1 is 1.15 bits per heavy atom. The van der Waals surface area contributed by atoms with E-state index in [0.29, 0.717) is 19.5 Å². The molecule has 0 aliphatic carbocycles. The van der Waals surface area contributed by atoms with Crippen molar-refractivity contribution in [2.75, 3.05) is 18.6 Å². The van der Waals surface area contributed by atoms with Crippen LogP contribution in [0.4, 0.5) is 5.69 Å². The first kappa shape index (κ1) is 18.3. The lowest BCUT2D eigenvalue weighted by Gasteiger charge is -2.17. The first-order valence-electron chi connectivity index (χ1n) is 8.83.